The zero-order chi connectivity index (χ0) is 12.7. The first-order valence-electron chi connectivity index (χ1n) is 3.46. The fourth-order valence-electron chi connectivity index (χ4n) is 0.614. The van der Waals surface area contributed by atoms with Gasteiger partial charge in [-0.1, -0.05) is 6.58 Å². The molecule has 0 aromatic heterocycles. The van der Waals surface area contributed by atoms with Gasteiger partial charge in [0.05, 0.1) is 0 Å². The van der Waals surface area contributed by atoms with Crippen molar-refractivity contribution in [2.24, 2.45) is 0 Å². The molecule has 0 fully saturated rings. The van der Waals surface area contributed by atoms with E-state index in [1.54, 1.807) is 0 Å². The van der Waals surface area contributed by atoms with Crippen molar-refractivity contribution in [1.29, 1.82) is 0 Å². The Morgan fingerprint density at radius 3 is 1.53 bits per heavy atom. The van der Waals surface area contributed by atoms with Crippen LogP contribution in [0.15, 0.2) is 12.2 Å². The van der Waals surface area contributed by atoms with Crippen molar-refractivity contribution in [1.82, 2.24) is 0 Å². The summed E-state index contributed by atoms with van der Waals surface area (Å²) in [6.45, 7) is 2.70. The van der Waals surface area contributed by atoms with Crippen LogP contribution in [0.4, 0.5) is 35.1 Å². The van der Waals surface area contributed by atoms with E-state index in [0.29, 0.717) is 6.92 Å². The summed E-state index contributed by atoms with van der Waals surface area (Å²) in [4.78, 5) is 0. The maximum atomic E-state index is 12.5. The molecule has 0 atom stereocenters. The van der Waals surface area contributed by atoms with Crippen LogP contribution >= 0.6 is 0 Å². The fourth-order valence-corrected chi connectivity index (χ4v) is 0.614. The number of rotatable bonds is 4. The highest BCUT2D eigenvalue weighted by molar-refractivity contribution is 5.14. The summed E-state index contributed by atoms with van der Waals surface area (Å²) in [5, 5.41) is 0. The molecule has 0 rings (SSSR count). The Labute approximate surface area is 79.6 Å². The average Bonchev–Trinajstić information content (AvgIpc) is 2.02. The molecule has 0 nitrogen and oxygen atoms in total. The molecule has 0 heterocycles. The molecule has 90 valence electrons. The molecule has 0 aromatic rings. The van der Waals surface area contributed by atoms with Crippen LogP contribution in [-0.2, 0) is 0 Å². The van der Waals surface area contributed by atoms with Gasteiger partial charge in [0.15, 0.2) is 0 Å². The quantitative estimate of drug-likeness (QED) is 0.520. The molecule has 0 aliphatic heterocycles. The van der Waals surface area contributed by atoms with Crippen LogP contribution in [-0.4, -0.2) is 24.2 Å². The topological polar surface area (TPSA) is 0 Å². The smallest absolute Gasteiger partial charge is 0.203 e. The van der Waals surface area contributed by atoms with Crippen LogP contribution in [0.2, 0.25) is 0 Å². The number of halogens is 8. The molecular formula is C7H6F8. The standard InChI is InChI=1S/C7H6F8/c1-3(2)5(10,11)7(14,15)6(12,13)4(8)9/h4H,1H2,2H3. The maximum absolute atomic E-state index is 12.5. The van der Waals surface area contributed by atoms with Crippen molar-refractivity contribution >= 4 is 0 Å². The van der Waals surface area contributed by atoms with Gasteiger partial charge in [0, 0.05) is 0 Å². The zero-order valence-corrected chi connectivity index (χ0v) is 7.31. The molecule has 0 N–H and O–H groups in total. The number of alkyl halides is 8. The van der Waals surface area contributed by atoms with Gasteiger partial charge in [-0.25, -0.2) is 8.78 Å². The van der Waals surface area contributed by atoms with Crippen molar-refractivity contribution in [3.63, 3.8) is 0 Å². The third-order valence-corrected chi connectivity index (χ3v) is 1.62. The lowest BCUT2D eigenvalue weighted by molar-refractivity contribution is -0.327. The minimum absolute atomic E-state index is 0.343. The first-order chi connectivity index (χ1) is 6.39. The SMILES string of the molecule is C=C(C)C(F)(F)C(F)(F)C(F)(F)C(F)F. The van der Waals surface area contributed by atoms with Crippen LogP contribution in [0.25, 0.3) is 0 Å². The summed E-state index contributed by atoms with van der Waals surface area (Å²) in [7, 11) is 0. The highest BCUT2D eigenvalue weighted by atomic mass is 19.4. The largest absolute Gasteiger partial charge is 0.381 e. The first kappa shape index (κ1) is 14.2. The van der Waals surface area contributed by atoms with E-state index in [1.165, 1.54) is 0 Å². The summed E-state index contributed by atoms with van der Waals surface area (Å²) in [5.74, 6) is -17.7. The molecule has 0 unspecified atom stereocenters. The Morgan fingerprint density at radius 2 is 1.33 bits per heavy atom. The van der Waals surface area contributed by atoms with Crippen molar-refractivity contribution in [2.45, 2.75) is 31.1 Å². The predicted octanol–water partition coefficient (Wildman–Crippen LogP) is 3.73. The summed E-state index contributed by atoms with van der Waals surface area (Å²) < 4.78 is 97.3. The lowest BCUT2D eigenvalue weighted by atomic mass is 9.99. The van der Waals surface area contributed by atoms with Crippen molar-refractivity contribution < 1.29 is 35.1 Å². The molecule has 0 amide bonds. The van der Waals surface area contributed by atoms with E-state index in [2.05, 4.69) is 6.58 Å². The van der Waals surface area contributed by atoms with Gasteiger partial charge in [-0.05, 0) is 12.5 Å². The van der Waals surface area contributed by atoms with Gasteiger partial charge in [0.25, 0.3) is 0 Å². The summed E-state index contributed by atoms with van der Waals surface area (Å²) in [5.41, 5.74) is -1.62. The third-order valence-electron chi connectivity index (χ3n) is 1.62. The fraction of sp³-hybridized carbons (Fsp3) is 0.714. The summed E-state index contributed by atoms with van der Waals surface area (Å²) in [6, 6.07) is 0. The normalized spacial score (nSPS) is 14.5. The number of hydrogen-bond donors (Lipinski definition) is 0. The monoisotopic (exact) mass is 242 g/mol. The molecule has 0 radical (unpaired) electrons. The molecule has 0 saturated heterocycles. The zero-order valence-electron chi connectivity index (χ0n) is 7.31. The van der Waals surface area contributed by atoms with E-state index >= 15 is 0 Å². The van der Waals surface area contributed by atoms with Crippen LogP contribution in [0.1, 0.15) is 6.92 Å². The van der Waals surface area contributed by atoms with Gasteiger partial charge in [0.1, 0.15) is 0 Å². The second kappa shape index (κ2) is 3.64. The second-order valence-corrected chi connectivity index (χ2v) is 2.85. The van der Waals surface area contributed by atoms with E-state index in [0.717, 1.165) is 0 Å². The van der Waals surface area contributed by atoms with E-state index < -0.39 is 29.8 Å². The lowest BCUT2D eigenvalue weighted by Gasteiger charge is -2.32. The molecular weight excluding hydrogens is 236 g/mol. The van der Waals surface area contributed by atoms with Crippen LogP contribution < -0.4 is 0 Å². The minimum Gasteiger partial charge on any atom is -0.203 e. The minimum atomic E-state index is -6.18. The van der Waals surface area contributed by atoms with Gasteiger partial charge < -0.3 is 0 Å². The van der Waals surface area contributed by atoms with Gasteiger partial charge in [-0.2, -0.15) is 26.3 Å². The Morgan fingerprint density at radius 1 is 1.00 bits per heavy atom. The number of hydrogen-bond acceptors (Lipinski definition) is 0. The highest BCUT2D eigenvalue weighted by Crippen LogP contribution is 2.50. The van der Waals surface area contributed by atoms with Gasteiger partial charge in [-0.15, -0.1) is 0 Å². The molecule has 0 bridgehead atoms. The molecule has 0 saturated carbocycles. The predicted molar refractivity (Wildman–Crippen MR) is 35.7 cm³/mol. The first-order valence-corrected chi connectivity index (χ1v) is 3.46. The van der Waals surface area contributed by atoms with Crippen LogP contribution in [0.3, 0.4) is 0 Å². The van der Waals surface area contributed by atoms with Crippen molar-refractivity contribution in [2.75, 3.05) is 0 Å². The Kier molecular flexibility index (Phi) is 3.44. The molecule has 0 aliphatic rings. The highest BCUT2D eigenvalue weighted by Gasteiger charge is 2.75. The van der Waals surface area contributed by atoms with Crippen molar-refractivity contribution in [3.05, 3.63) is 12.2 Å². The average molecular weight is 242 g/mol. The Balaban J connectivity index is 5.40. The van der Waals surface area contributed by atoms with Gasteiger partial charge in [-0.3, -0.25) is 0 Å². The van der Waals surface area contributed by atoms with E-state index in [-0.39, 0.29) is 0 Å². The van der Waals surface area contributed by atoms with Gasteiger partial charge in [0.2, 0.25) is 0 Å². The molecule has 0 aromatic carbocycles. The summed E-state index contributed by atoms with van der Waals surface area (Å²) >= 11 is 0. The lowest BCUT2D eigenvalue weighted by Crippen LogP contribution is -2.57. The van der Waals surface area contributed by atoms with E-state index in [9.17, 15) is 35.1 Å². The van der Waals surface area contributed by atoms with Crippen LogP contribution in [0, 0.1) is 0 Å². The molecule has 0 aliphatic carbocycles. The Bertz CT molecular complexity index is 254. The molecule has 0 spiro atoms. The van der Waals surface area contributed by atoms with Crippen LogP contribution in [0.5, 0.6) is 0 Å². The summed E-state index contributed by atoms with van der Waals surface area (Å²) in [6.07, 6.45) is -4.89. The number of allylic oxidation sites excluding steroid dienone is 1. The molecule has 15 heavy (non-hydrogen) atoms. The van der Waals surface area contributed by atoms with E-state index in [1.807, 2.05) is 0 Å². The third kappa shape index (κ3) is 1.93. The molecule has 8 heteroatoms. The van der Waals surface area contributed by atoms with Gasteiger partial charge >= 0.3 is 24.2 Å². The Hall–Kier alpha value is -0.820. The second-order valence-electron chi connectivity index (χ2n) is 2.85. The maximum Gasteiger partial charge on any atom is 0.381 e. The van der Waals surface area contributed by atoms with E-state index in [4.69, 9.17) is 0 Å². The van der Waals surface area contributed by atoms with Crippen molar-refractivity contribution in [3.8, 4) is 0 Å².